The second kappa shape index (κ2) is 8.10. The van der Waals surface area contributed by atoms with Gasteiger partial charge in [0.2, 0.25) is 5.91 Å². The minimum absolute atomic E-state index is 0.184. The summed E-state index contributed by atoms with van der Waals surface area (Å²) in [5.74, 6) is 2.33. The van der Waals surface area contributed by atoms with Gasteiger partial charge in [-0.3, -0.25) is 9.69 Å². The van der Waals surface area contributed by atoms with Gasteiger partial charge < -0.3 is 9.64 Å². The van der Waals surface area contributed by atoms with Crippen LogP contribution >= 0.6 is 0 Å². The minimum atomic E-state index is 0.184. The van der Waals surface area contributed by atoms with Crippen molar-refractivity contribution in [1.82, 2.24) is 9.80 Å². The maximum Gasteiger partial charge on any atom is 0.225 e. The Morgan fingerprint density at radius 1 is 1.04 bits per heavy atom. The molecule has 4 rings (SSSR count). The van der Waals surface area contributed by atoms with Gasteiger partial charge in [-0.05, 0) is 56.2 Å². The molecule has 2 heterocycles. The molecule has 2 saturated heterocycles. The average molecular weight is 357 g/mol. The van der Waals surface area contributed by atoms with Crippen LogP contribution in [0.5, 0.6) is 0 Å². The highest BCUT2D eigenvalue weighted by Gasteiger charge is 2.42. The molecule has 3 aliphatic rings. The molecule has 1 amide bonds. The van der Waals surface area contributed by atoms with E-state index in [-0.39, 0.29) is 5.92 Å². The largest absolute Gasteiger partial charge is 0.381 e. The number of hydrogen-bond donors (Lipinski definition) is 0. The molecule has 26 heavy (non-hydrogen) atoms. The fourth-order valence-electron chi connectivity index (χ4n) is 4.76. The minimum Gasteiger partial charge on any atom is -0.381 e. The maximum absolute atomic E-state index is 12.8. The van der Waals surface area contributed by atoms with Crippen molar-refractivity contribution in [3.8, 4) is 0 Å². The third kappa shape index (κ3) is 4.29. The van der Waals surface area contributed by atoms with E-state index in [1.807, 2.05) is 11.9 Å². The lowest BCUT2D eigenvalue weighted by Crippen LogP contribution is -2.50. The van der Waals surface area contributed by atoms with E-state index < -0.39 is 0 Å². The number of carbonyl (C=O) groups excluding carboxylic acids is 1. The fraction of sp³-hybridized carbons (Fsp3) is 0.682. The highest BCUT2D eigenvalue weighted by molar-refractivity contribution is 5.79. The lowest BCUT2D eigenvalue weighted by Gasteiger charge is -2.41. The maximum atomic E-state index is 12.8. The zero-order valence-corrected chi connectivity index (χ0v) is 16.0. The molecule has 0 unspecified atom stereocenters. The highest BCUT2D eigenvalue weighted by Crippen LogP contribution is 2.37. The van der Waals surface area contributed by atoms with Crippen molar-refractivity contribution in [2.24, 2.45) is 23.7 Å². The molecule has 0 N–H and O–H groups in total. The van der Waals surface area contributed by atoms with Crippen molar-refractivity contribution in [3.63, 3.8) is 0 Å². The lowest BCUT2D eigenvalue weighted by atomic mass is 9.75. The molecule has 1 aliphatic carbocycles. The standard InChI is InChI=1S/C22H32N2O2/c1-23-14-19(16-26-15-18-7-8-18)20-9-11-24(12-10-21(20)22(23)25)13-17-5-3-2-4-6-17/h2-6,18-21H,7-16H2,1H3/t19-,20+,21+/m0/s1. The van der Waals surface area contributed by atoms with Gasteiger partial charge in [0.15, 0.2) is 0 Å². The first-order chi connectivity index (χ1) is 12.7. The molecule has 3 fully saturated rings. The fourth-order valence-corrected chi connectivity index (χ4v) is 4.76. The van der Waals surface area contributed by atoms with Gasteiger partial charge in [-0.25, -0.2) is 0 Å². The van der Waals surface area contributed by atoms with Crippen molar-refractivity contribution in [2.45, 2.75) is 32.2 Å². The summed E-state index contributed by atoms with van der Waals surface area (Å²) in [5, 5.41) is 0. The molecule has 2 aliphatic heterocycles. The van der Waals surface area contributed by atoms with Crippen LogP contribution in [0.2, 0.25) is 0 Å². The molecule has 4 heteroatoms. The normalized spacial score (nSPS) is 30.1. The molecule has 0 radical (unpaired) electrons. The quantitative estimate of drug-likeness (QED) is 0.785. The van der Waals surface area contributed by atoms with Gasteiger partial charge in [-0.2, -0.15) is 0 Å². The summed E-state index contributed by atoms with van der Waals surface area (Å²) in [5.41, 5.74) is 1.37. The zero-order chi connectivity index (χ0) is 17.9. The number of nitrogens with zero attached hydrogens (tertiary/aromatic N) is 2. The van der Waals surface area contributed by atoms with Gasteiger partial charge >= 0.3 is 0 Å². The van der Waals surface area contributed by atoms with E-state index in [1.54, 1.807) is 0 Å². The van der Waals surface area contributed by atoms with E-state index in [0.29, 0.717) is 17.7 Å². The number of benzene rings is 1. The summed E-state index contributed by atoms with van der Waals surface area (Å²) in [6.45, 7) is 5.72. The van der Waals surface area contributed by atoms with E-state index in [2.05, 4.69) is 35.2 Å². The molecule has 1 saturated carbocycles. The van der Waals surface area contributed by atoms with Crippen LogP contribution in [0.3, 0.4) is 0 Å². The van der Waals surface area contributed by atoms with Gasteiger partial charge in [0.25, 0.3) is 0 Å². The summed E-state index contributed by atoms with van der Waals surface area (Å²) in [6.07, 6.45) is 4.78. The van der Waals surface area contributed by atoms with Crippen LogP contribution in [-0.4, -0.2) is 55.6 Å². The number of likely N-dealkylation sites (tertiary alicyclic amines) is 2. The van der Waals surface area contributed by atoms with Gasteiger partial charge in [0, 0.05) is 38.6 Å². The topological polar surface area (TPSA) is 32.8 Å². The van der Waals surface area contributed by atoms with Crippen LogP contribution < -0.4 is 0 Å². The lowest BCUT2D eigenvalue weighted by molar-refractivity contribution is -0.144. The summed E-state index contributed by atoms with van der Waals surface area (Å²) < 4.78 is 6.04. The van der Waals surface area contributed by atoms with E-state index >= 15 is 0 Å². The van der Waals surface area contributed by atoms with Crippen LogP contribution in [0.15, 0.2) is 30.3 Å². The molecule has 4 nitrogen and oxygen atoms in total. The van der Waals surface area contributed by atoms with E-state index in [9.17, 15) is 4.79 Å². The van der Waals surface area contributed by atoms with Crippen molar-refractivity contribution >= 4 is 5.91 Å². The third-order valence-electron chi connectivity index (χ3n) is 6.49. The van der Waals surface area contributed by atoms with Crippen molar-refractivity contribution in [1.29, 1.82) is 0 Å². The number of rotatable bonds is 6. The number of piperidine rings is 1. The SMILES string of the molecule is CN1C[C@@H](COCC2CC2)[C@H]2CCN(Cc3ccccc3)CC[C@H]2C1=O. The first-order valence-corrected chi connectivity index (χ1v) is 10.3. The second-order valence-electron chi connectivity index (χ2n) is 8.57. The van der Waals surface area contributed by atoms with Crippen LogP contribution in [0, 0.1) is 23.7 Å². The van der Waals surface area contributed by atoms with E-state index in [4.69, 9.17) is 4.74 Å². The molecule has 0 aromatic heterocycles. The molecular formula is C22H32N2O2. The number of amides is 1. The highest BCUT2D eigenvalue weighted by atomic mass is 16.5. The first kappa shape index (κ1) is 18.0. The van der Waals surface area contributed by atoms with Crippen molar-refractivity contribution in [3.05, 3.63) is 35.9 Å². The molecule has 3 atom stereocenters. The first-order valence-electron chi connectivity index (χ1n) is 10.3. The smallest absolute Gasteiger partial charge is 0.225 e. The number of carbonyl (C=O) groups is 1. The van der Waals surface area contributed by atoms with Crippen LogP contribution in [0.1, 0.15) is 31.2 Å². The Kier molecular flexibility index (Phi) is 5.60. The molecule has 1 aromatic carbocycles. The molecular weight excluding hydrogens is 324 g/mol. The molecule has 0 spiro atoms. The summed E-state index contributed by atoms with van der Waals surface area (Å²) in [7, 11) is 1.97. The Bertz CT molecular complexity index is 601. The van der Waals surface area contributed by atoms with Crippen LogP contribution in [0.4, 0.5) is 0 Å². The van der Waals surface area contributed by atoms with Crippen molar-refractivity contribution < 1.29 is 9.53 Å². The number of hydrogen-bond acceptors (Lipinski definition) is 3. The monoisotopic (exact) mass is 356 g/mol. The van der Waals surface area contributed by atoms with Gasteiger partial charge in [0.05, 0.1) is 6.61 Å². The molecule has 0 bridgehead atoms. The van der Waals surface area contributed by atoms with Crippen LogP contribution in [-0.2, 0) is 16.1 Å². The van der Waals surface area contributed by atoms with Crippen LogP contribution in [0.25, 0.3) is 0 Å². The van der Waals surface area contributed by atoms with Crippen molar-refractivity contribution in [2.75, 3.05) is 39.9 Å². The molecule has 1 aromatic rings. The van der Waals surface area contributed by atoms with E-state index in [0.717, 1.165) is 58.2 Å². The van der Waals surface area contributed by atoms with Gasteiger partial charge in [0.1, 0.15) is 0 Å². The predicted octanol–water partition coefficient (Wildman–Crippen LogP) is 3.03. The summed E-state index contributed by atoms with van der Waals surface area (Å²) >= 11 is 0. The Morgan fingerprint density at radius 3 is 2.58 bits per heavy atom. The number of ether oxygens (including phenoxy) is 1. The Morgan fingerprint density at radius 2 is 1.81 bits per heavy atom. The summed E-state index contributed by atoms with van der Waals surface area (Å²) in [4.78, 5) is 17.3. The molecule has 142 valence electrons. The Hall–Kier alpha value is -1.39. The third-order valence-corrected chi connectivity index (χ3v) is 6.49. The Balaban J connectivity index is 1.38. The van der Waals surface area contributed by atoms with Gasteiger partial charge in [-0.15, -0.1) is 0 Å². The second-order valence-corrected chi connectivity index (χ2v) is 8.57. The van der Waals surface area contributed by atoms with E-state index in [1.165, 1.54) is 18.4 Å². The summed E-state index contributed by atoms with van der Waals surface area (Å²) in [6, 6.07) is 10.7. The average Bonchev–Trinajstić information content (AvgIpc) is 3.48. The number of fused-ring (bicyclic) bond motifs is 1. The zero-order valence-electron chi connectivity index (χ0n) is 16.0. The Labute approximate surface area is 157 Å². The van der Waals surface area contributed by atoms with Gasteiger partial charge in [-0.1, -0.05) is 30.3 Å². The predicted molar refractivity (Wildman–Crippen MR) is 103 cm³/mol.